The van der Waals surface area contributed by atoms with Crippen LogP contribution in [-0.2, 0) is 17.8 Å². The maximum Gasteiger partial charge on any atom is 0.261 e. The van der Waals surface area contributed by atoms with Crippen LogP contribution in [0, 0.1) is 13.8 Å². The molecule has 5 heteroatoms. The minimum atomic E-state index is 0.362. The number of aryl methyl sites for hydroxylation is 3. The number of benzene rings is 2. The predicted octanol–water partition coefficient (Wildman–Crippen LogP) is 5.94. The van der Waals surface area contributed by atoms with Gasteiger partial charge in [0.1, 0.15) is 12.4 Å². The monoisotopic (exact) mass is 421 g/mol. The van der Waals surface area contributed by atoms with Crippen molar-refractivity contribution >= 4 is 39.0 Å². The van der Waals surface area contributed by atoms with Gasteiger partial charge in [0.05, 0.1) is 6.61 Å². The molecule has 0 spiro atoms. The van der Waals surface area contributed by atoms with Crippen molar-refractivity contribution in [3.05, 3.63) is 57.1 Å². The summed E-state index contributed by atoms with van der Waals surface area (Å²) in [6, 6.07) is 10.2. The van der Waals surface area contributed by atoms with Gasteiger partial charge < -0.3 is 14.8 Å². The Labute approximate surface area is 163 Å². The lowest BCUT2D eigenvalue weighted by Gasteiger charge is -2.17. The molecule has 1 N–H and O–H groups in total. The van der Waals surface area contributed by atoms with Crippen LogP contribution in [0.3, 0.4) is 0 Å². The van der Waals surface area contributed by atoms with Gasteiger partial charge in [-0.3, -0.25) is 0 Å². The summed E-state index contributed by atoms with van der Waals surface area (Å²) in [7, 11) is 0. The van der Waals surface area contributed by atoms with Crippen LogP contribution in [-0.4, -0.2) is 11.8 Å². The second-order valence-electron chi connectivity index (χ2n) is 5.80. The maximum absolute atomic E-state index is 6.11. The summed E-state index contributed by atoms with van der Waals surface area (Å²) < 4.78 is 12.4. The van der Waals surface area contributed by atoms with Crippen LogP contribution in [0.1, 0.15) is 36.1 Å². The van der Waals surface area contributed by atoms with E-state index in [9.17, 15) is 0 Å². The van der Waals surface area contributed by atoms with E-state index in [0.717, 1.165) is 33.5 Å². The first kappa shape index (κ1) is 19.7. The summed E-state index contributed by atoms with van der Waals surface area (Å²) in [6.45, 7) is 9.25. The zero-order valence-corrected chi connectivity index (χ0v) is 17.5. The summed E-state index contributed by atoms with van der Waals surface area (Å²) in [4.78, 5) is 0. The number of ether oxygens (including phenoxy) is 2. The SMILES string of the molecule is CCOC(=S)Nc1cccc(Br)c1COc1cc(C)c(CC)cc1C. The molecule has 25 heavy (non-hydrogen) atoms. The second-order valence-corrected chi connectivity index (χ2v) is 7.02. The van der Waals surface area contributed by atoms with Gasteiger partial charge in [-0.1, -0.05) is 35.0 Å². The predicted molar refractivity (Wildman–Crippen MR) is 112 cm³/mol. The molecule has 0 aliphatic heterocycles. The van der Waals surface area contributed by atoms with Gasteiger partial charge in [0, 0.05) is 15.7 Å². The fourth-order valence-corrected chi connectivity index (χ4v) is 3.34. The number of anilines is 1. The highest BCUT2D eigenvalue weighted by atomic mass is 79.9. The molecule has 0 saturated heterocycles. The van der Waals surface area contributed by atoms with Gasteiger partial charge in [0.2, 0.25) is 0 Å². The lowest BCUT2D eigenvalue weighted by Crippen LogP contribution is -2.15. The van der Waals surface area contributed by atoms with Crippen molar-refractivity contribution < 1.29 is 9.47 Å². The first-order chi connectivity index (χ1) is 12.0. The fraction of sp³-hybridized carbons (Fsp3) is 0.350. The van der Waals surface area contributed by atoms with Crippen molar-refractivity contribution in [1.82, 2.24) is 0 Å². The molecule has 0 unspecified atom stereocenters. The average molecular weight is 422 g/mol. The normalized spacial score (nSPS) is 10.4. The van der Waals surface area contributed by atoms with Crippen LogP contribution in [0.4, 0.5) is 5.69 Å². The number of rotatable bonds is 6. The van der Waals surface area contributed by atoms with Gasteiger partial charge in [0.15, 0.2) is 0 Å². The Morgan fingerprint density at radius 1 is 1.16 bits per heavy atom. The molecule has 3 nitrogen and oxygen atoms in total. The van der Waals surface area contributed by atoms with E-state index in [-0.39, 0.29) is 0 Å². The van der Waals surface area contributed by atoms with E-state index in [1.54, 1.807) is 0 Å². The van der Waals surface area contributed by atoms with Gasteiger partial charge in [-0.15, -0.1) is 0 Å². The number of nitrogens with one attached hydrogen (secondary N) is 1. The van der Waals surface area contributed by atoms with Crippen molar-refractivity contribution in [2.45, 2.75) is 40.7 Å². The van der Waals surface area contributed by atoms with E-state index in [0.29, 0.717) is 18.4 Å². The van der Waals surface area contributed by atoms with E-state index in [4.69, 9.17) is 21.7 Å². The van der Waals surface area contributed by atoms with E-state index in [1.807, 2.05) is 25.1 Å². The highest BCUT2D eigenvalue weighted by molar-refractivity contribution is 9.10. The van der Waals surface area contributed by atoms with Gasteiger partial charge in [-0.25, -0.2) is 0 Å². The lowest BCUT2D eigenvalue weighted by molar-refractivity contribution is 0.303. The van der Waals surface area contributed by atoms with Crippen LogP contribution >= 0.6 is 28.1 Å². The fourth-order valence-electron chi connectivity index (χ4n) is 2.64. The summed E-state index contributed by atoms with van der Waals surface area (Å²) in [5.74, 6) is 0.906. The van der Waals surface area contributed by atoms with E-state index in [1.165, 1.54) is 11.1 Å². The highest BCUT2D eigenvalue weighted by Crippen LogP contribution is 2.29. The Bertz CT molecular complexity index is 762. The van der Waals surface area contributed by atoms with Crippen molar-refractivity contribution in [2.75, 3.05) is 11.9 Å². The molecule has 0 saturated carbocycles. The first-order valence-electron chi connectivity index (χ1n) is 8.40. The summed E-state index contributed by atoms with van der Waals surface area (Å²) >= 11 is 8.79. The molecule has 0 fully saturated rings. The molecular formula is C20H24BrNO2S. The van der Waals surface area contributed by atoms with Crippen molar-refractivity contribution in [3.63, 3.8) is 0 Å². The van der Waals surface area contributed by atoms with Gasteiger partial charge in [-0.05, 0) is 74.3 Å². The number of hydrogen-bond acceptors (Lipinski definition) is 3. The largest absolute Gasteiger partial charge is 0.489 e. The standard InChI is InChI=1S/C20H24BrNO2S/c1-5-15-10-14(4)19(11-13(15)3)24-12-16-17(21)8-7-9-18(16)22-20(25)23-6-2/h7-11H,5-6,12H2,1-4H3,(H,22,25). The molecule has 0 aliphatic carbocycles. The molecule has 0 radical (unpaired) electrons. The van der Waals surface area contributed by atoms with Gasteiger partial charge in [-0.2, -0.15) is 0 Å². The average Bonchev–Trinajstić information content (AvgIpc) is 2.57. The molecular weight excluding hydrogens is 398 g/mol. The van der Waals surface area contributed by atoms with Crippen LogP contribution in [0.5, 0.6) is 5.75 Å². The smallest absolute Gasteiger partial charge is 0.261 e. The minimum absolute atomic E-state index is 0.362. The van der Waals surface area contributed by atoms with Crippen LogP contribution in [0.15, 0.2) is 34.8 Å². The molecule has 2 aromatic rings. The highest BCUT2D eigenvalue weighted by Gasteiger charge is 2.11. The summed E-state index contributed by atoms with van der Waals surface area (Å²) in [5.41, 5.74) is 5.64. The Kier molecular flexibility index (Phi) is 7.26. The van der Waals surface area contributed by atoms with Crippen LogP contribution < -0.4 is 10.1 Å². The third kappa shape index (κ3) is 5.19. The third-order valence-corrected chi connectivity index (χ3v) is 4.98. The molecule has 0 aromatic heterocycles. The molecule has 134 valence electrons. The molecule has 0 amide bonds. The summed E-state index contributed by atoms with van der Waals surface area (Å²) in [5, 5.41) is 3.49. The van der Waals surface area contributed by atoms with Gasteiger partial charge >= 0.3 is 0 Å². The zero-order valence-electron chi connectivity index (χ0n) is 15.1. The van der Waals surface area contributed by atoms with Crippen molar-refractivity contribution in [2.24, 2.45) is 0 Å². The number of thiocarbonyl (C=S) groups is 1. The molecule has 0 aliphatic rings. The van der Waals surface area contributed by atoms with E-state index in [2.05, 4.69) is 54.2 Å². The van der Waals surface area contributed by atoms with E-state index < -0.39 is 0 Å². The Morgan fingerprint density at radius 2 is 1.92 bits per heavy atom. The Balaban J connectivity index is 2.20. The lowest BCUT2D eigenvalue weighted by atomic mass is 10.0. The molecule has 0 atom stereocenters. The second kappa shape index (κ2) is 9.20. The van der Waals surface area contributed by atoms with E-state index >= 15 is 0 Å². The first-order valence-corrected chi connectivity index (χ1v) is 9.60. The quantitative estimate of drug-likeness (QED) is 0.584. The molecule has 0 heterocycles. The zero-order chi connectivity index (χ0) is 18.4. The topological polar surface area (TPSA) is 30.5 Å². The maximum atomic E-state index is 6.11. The molecule has 2 aromatic carbocycles. The molecule has 0 bridgehead atoms. The van der Waals surface area contributed by atoms with Crippen molar-refractivity contribution in [3.8, 4) is 5.75 Å². The number of halogens is 1. The van der Waals surface area contributed by atoms with Crippen LogP contribution in [0.25, 0.3) is 0 Å². The minimum Gasteiger partial charge on any atom is -0.489 e. The summed E-state index contributed by atoms with van der Waals surface area (Å²) in [6.07, 6.45) is 1.03. The third-order valence-electron chi connectivity index (χ3n) is 4.02. The van der Waals surface area contributed by atoms with Crippen molar-refractivity contribution in [1.29, 1.82) is 0 Å². The van der Waals surface area contributed by atoms with Gasteiger partial charge in [0.25, 0.3) is 5.17 Å². The Morgan fingerprint density at radius 3 is 2.60 bits per heavy atom. The number of hydrogen-bond donors (Lipinski definition) is 1. The molecule has 2 rings (SSSR count). The van der Waals surface area contributed by atoms with Crippen LogP contribution in [0.2, 0.25) is 0 Å². The Hall–Kier alpha value is -1.59.